The van der Waals surface area contributed by atoms with Crippen molar-refractivity contribution in [3.05, 3.63) is 77.9 Å². The van der Waals surface area contributed by atoms with Crippen molar-refractivity contribution in [2.45, 2.75) is 13.5 Å². The minimum Gasteiger partial charge on any atom is -0.462 e. The van der Waals surface area contributed by atoms with Gasteiger partial charge in [-0.1, -0.05) is 18.2 Å². The number of hydrogen-bond donors (Lipinski definition) is 2. The van der Waals surface area contributed by atoms with Crippen molar-refractivity contribution >= 4 is 23.5 Å². The second kappa shape index (κ2) is 9.22. The van der Waals surface area contributed by atoms with Gasteiger partial charge in [-0.25, -0.2) is 14.8 Å². The van der Waals surface area contributed by atoms with Gasteiger partial charge in [0.15, 0.2) is 0 Å². The third kappa shape index (κ3) is 4.88. The third-order valence-electron chi connectivity index (χ3n) is 3.74. The Balaban J connectivity index is 1.65. The summed E-state index contributed by atoms with van der Waals surface area (Å²) in [5, 5.41) is 5.73. The van der Waals surface area contributed by atoms with Gasteiger partial charge in [0, 0.05) is 18.6 Å². The van der Waals surface area contributed by atoms with Crippen LogP contribution in [-0.4, -0.2) is 33.4 Å². The molecule has 0 unspecified atom stereocenters. The standard InChI is InChI=1S/C20H19N5O3/c1-2-28-19(27)16-8-3-4-9-17(16)25-18(26)14-11-22-20(23-12-14)24-13-15-7-5-6-10-21-15/h3-12H,2,13H2,1H3,(H,25,26)(H,22,23,24). The summed E-state index contributed by atoms with van der Waals surface area (Å²) >= 11 is 0. The zero-order valence-corrected chi connectivity index (χ0v) is 15.3. The number of nitrogens with zero attached hydrogens (tertiary/aromatic N) is 3. The number of amides is 1. The number of benzene rings is 1. The Morgan fingerprint density at radius 2 is 1.75 bits per heavy atom. The Labute approximate surface area is 162 Å². The lowest BCUT2D eigenvalue weighted by Crippen LogP contribution is -2.16. The number of rotatable bonds is 7. The molecule has 0 aliphatic heterocycles. The van der Waals surface area contributed by atoms with Crippen LogP contribution in [0.25, 0.3) is 0 Å². The van der Waals surface area contributed by atoms with Gasteiger partial charge < -0.3 is 15.4 Å². The Hall–Kier alpha value is -3.81. The summed E-state index contributed by atoms with van der Waals surface area (Å²) in [4.78, 5) is 37.0. The van der Waals surface area contributed by atoms with Gasteiger partial charge in [0.25, 0.3) is 5.91 Å². The summed E-state index contributed by atoms with van der Waals surface area (Å²) in [5.41, 5.74) is 1.76. The van der Waals surface area contributed by atoms with Crippen LogP contribution in [0.4, 0.5) is 11.6 Å². The van der Waals surface area contributed by atoms with Gasteiger partial charge in [0.05, 0.1) is 35.7 Å². The summed E-state index contributed by atoms with van der Waals surface area (Å²) in [6, 6.07) is 12.3. The molecule has 0 saturated carbocycles. The number of ether oxygens (including phenoxy) is 1. The van der Waals surface area contributed by atoms with Crippen molar-refractivity contribution in [3.8, 4) is 0 Å². The molecule has 3 aromatic rings. The SMILES string of the molecule is CCOC(=O)c1ccccc1NC(=O)c1cnc(NCc2ccccn2)nc1. The first-order valence-electron chi connectivity index (χ1n) is 8.70. The van der Waals surface area contributed by atoms with Gasteiger partial charge in [-0.2, -0.15) is 0 Å². The molecule has 0 fully saturated rings. The monoisotopic (exact) mass is 377 g/mol. The molecule has 2 aromatic heterocycles. The maximum atomic E-state index is 12.5. The topological polar surface area (TPSA) is 106 Å². The van der Waals surface area contributed by atoms with Crippen LogP contribution in [-0.2, 0) is 11.3 Å². The molecule has 0 aliphatic rings. The Morgan fingerprint density at radius 1 is 1.00 bits per heavy atom. The summed E-state index contributed by atoms with van der Waals surface area (Å²) in [5.74, 6) is -0.536. The van der Waals surface area contributed by atoms with Crippen LogP contribution < -0.4 is 10.6 Å². The van der Waals surface area contributed by atoms with Crippen LogP contribution >= 0.6 is 0 Å². The summed E-state index contributed by atoms with van der Waals surface area (Å²) in [6.07, 6.45) is 4.53. The van der Waals surface area contributed by atoms with E-state index in [1.807, 2.05) is 18.2 Å². The first-order valence-corrected chi connectivity index (χ1v) is 8.70. The van der Waals surface area contributed by atoms with Crippen LogP contribution in [0.2, 0.25) is 0 Å². The highest BCUT2D eigenvalue weighted by Crippen LogP contribution is 2.17. The van der Waals surface area contributed by atoms with E-state index in [1.54, 1.807) is 37.4 Å². The van der Waals surface area contributed by atoms with E-state index in [9.17, 15) is 9.59 Å². The van der Waals surface area contributed by atoms with Gasteiger partial charge >= 0.3 is 5.97 Å². The number of esters is 1. The molecule has 0 spiro atoms. The van der Waals surface area contributed by atoms with Gasteiger partial charge in [0.2, 0.25) is 5.95 Å². The lowest BCUT2D eigenvalue weighted by atomic mass is 10.1. The molecular weight excluding hydrogens is 358 g/mol. The quantitative estimate of drug-likeness (QED) is 0.610. The summed E-state index contributed by atoms with van der Waals surface area (Å²) in [7, 11) is 0. The molecule has 142 valence electrons. The maximum absolute atomic E-state index is 12.5. The van der Waals surface area contributed by atoms with Crippen molar-refractivity contribution in [2.24, 2.45) is 0 Å². The first-order chi connectivity index (χ1) is 13.7. The maximum Gasteiger partial charge on any atom is 0.340 e. The molecule has 1 amide bonds. The first kappa shape index (κ1) is 19.0. The molecule has 1 aromatic carbocycles. The van der Waals surface area contributed by atoms with Crippen LogP contribution in [0.1, 0.15) is 33.3 Å². The molecule has 8 heteroatoms. The molecule has 0 radical (unpaired) electrons. The highest BCUT2D eigenvalue weighted by molar-refractivity contribution is 6.07. The van der Waals surface area contributed by atoms with Gasteiger partial charge in [0.1, 0.15) is 0 Å². The number of carbonyl (C=O) groups excluding carboxylic acids is 2. The van der Waals surface area contributed by atoms with E-state index >= 15 is 0 Å². The number of nitrogens with one attached hydrogen (secondary N) is 2. The summed E-state index contributed by atoms with van der Waals surface area (Å²) < 4.78 is 5.01. The predicted molar refractivity (Wildman–Crippen MR) is 104 cm³/mol. The predicted octanol–water partition coefficient (Wildman–Crippen LogP) is 2.91. The smallest absolute Gasteiger partial charge is 0.340 e. The Bertz CT molecular complexity index is 946. The minimum atomic E-state index is -0.497. The number of aromatic nitrogens is 3. The van der Waals surface area contributed by atoms with E-state index in [0.29, 0.717) is 18.2 Å². The van der Waals surface area contributed by atoms with Crippen LogP contribution in [0.3, 0.4) is 0 Å². The Morgan fingerprint density at radius 3 is 2.46 bits per heavy atom. The van der Waals surface area contributed by atoms with E-state index in [0.717, 1.165) is 5.69 Å². The van der Waals surface area contributed by atoms with Gasteiger partial charge in [-0.3, -0.25) is 9.78 Å². The second-order valence-corrected chi connectivity index (χ2v) is 5.69. The van der Waals surface area contributed by atoms with Crippen molar-refractivity contribution in [1.82, 2.24) is 15.0 Å². The van der Waals surface area contributed by atoms with Crippen molar-refractivity contribution in [3.63, 3.8) is 0 Å². The largest absolute Gasteiger partial charge is 0.462 e. The lowest BCUT2D eigenvalue weighted by molar-refractivity contribution is 0.0527. The highest BCUT2D eigenvalue weighted by Gasteiger charge is 2.15. The molecule has 2 N–H and O–H groups in total. The zero-order valence-electron chi connectivity index (χ0n) is 15.3. The van der Waals surface area contributed by atoms with Crippen LogP contribution in [0, 0.1) is 0 Å². The normalized spacial score (nSPS) is 10.2. The summed E-state index contributed by atoms with van der Waals surface area (Å²) in [6.45, 7) is 2.45. The molecule has 0 bridgehead atoms. The number of para-hydroxylation sites is 1. The lowest BCUT2D eigenvalue weighted by Gasteiger charge is -2.10. The fraction of sp³-hybridized carbons (Fsp3) is 0.150. The minimum absolute atomic E-state index is 0.252. The Kier molecular flexibility index (Phi) is 6.25. The zero-order chi connectivity index (χ0) is 19.8. The van der Waals surface area contributed by atoms with Crippen LogP contribution in [0.15, 0.2) is 61.1 Å². The van der Waals surface area contributed by atoms with E-state index in [-0.39, 0.29) is 17.7 Å². The average molecular weight is 377 g/mol. The second-order valence-electron chi connectivity index (χ2n) is 5.69. The molecule has 28 heavy (non-hydrogen) atoms. The number of carbonyl (C=O) groups is 2. The number of anilines is 2. The molecule has 0 atom stereocenters. The highest BCUT2D eigenvalue weighted by atomic mass is 16.5. The molecular formula is C20H19N5O3. The molecule has 3 rings (SSSR count). The number of pyridine rings is 1. The molecule has 2 heterocycles. The molecule has 0 aliphatic carbocycles. The van der Waals surface area contributed by atoms with Crippen molar-refractivity contribution in [2.75, 3.05) is 17.2 Å². The van der Waals surface area contributed by atoms with Crippen LogP contribution in [0.5, 0.6) is 0 Å². The van der Waals surface area contributed by atoms with E-state index in [4.69, 9.17) is 4.74 Å². The van der Waals surface area contributed by atoms with Crippen molar-refractivity contribution < 1.29 is 14.3 Å². The van der Waals surface area contributed by atoms with Gasteiger partial charge in [-0.15, -0.1) is 0 Å². The molecule has 8 nitrogen and oxygen atoms in total. The third-order valence-corrected chi connectivity index (χ3v) is 3.74. The van der Waals surface area contributed by atoms with E-state index in [2.05, 4.69) is 25.6 Å². The van der Waals surface area contributed by atoms with Gasteiger partial charge in [-0.05, 0) is 31.2 Å². The number of hydrogen-bond acceptors (Lipinski definition) is 7. The fourth-order valence-corrected chi connectivity index (χ4v) is 2.38. The fourth-order valence-electron chi connectivity index (χ4n) is 2.38. The average Bonchev–Trinajstić information content (AvgIpc) is 2.74. The van der Waals surface area contributed by atoms with E-state index < -0.39 is 11.9 Å². The van der Waals surface area contributed by atoms with Crippen molar-refractivity contribution in [1.29, 1.82) is 0 Å². The molecule has 0 saturated heterocycles. The van der Waals surface area contributed by atoms with E-state index in [1.165, 1.54) is 12.4 Å².